The largest absolute Gasteiger partial charge is 0.353 e. The fraction of sp³-hybridized carbons (Fsp3) is 0.286. The van der Waals surface area contributed by atoms with E-state index in [9.17, 15) is 4.79 Å². The number of nitrogens with one attached hydrogen (secondary N) is 1. The highest BCUT2D eigenvalue weighted by molar-refractivity contribution is 6.30. The third-order valence-electron chi connectivity index (χ3n) is 4.91. The Morgan fingerprint density at radius 2 is 1.92 bits per heavy atom. The molecule has 4 heteroatoms. The normalized spacial score (nSPS) is 15.3. The summed E-state index contributed by atoms with van der Waals surface area (Å²) in [5.41, 5.74) is 3.48. The molecule has 1 heterocycles. The first kappa shape index (κ1) is 16.2. The van der Waals surface area contributed by atoms with Gasteiger partial charge in [0, 0.05) is 47.6 Å². The van der Waals surface area contributed by atoms with Crippen molar-refractivity contribution in [3.8, 4) is 0 Å². The lowest BCUT2D eigenvalue weighted by Gasteiger charge is -2.17. The smallest absolute Gasteiger partial charge is 0.221 e. The van der Waals surface area contributed by atoms with E-state index in [-0.39, 0.29) is 11.8 Å². The number of hydrogen-bond donors (Lipinski definition) is 1. The molecular formula is C21H21ClN2O. The van der Waals surface area contributed by atoms with Crippen LogP contribution < -0.4 is 5.32 Å². The van der Waals surface area contributed by atoms with Crippen LogP contribution in [0.3, 0.4) is 0 Å². The summed E-state index contributed by atoms with van der Waals surface area (Å²) in [5, 5.41) is 5.03. The molecule has 1 N–H and O–H groups in total. The predicted molar refractivity (Wildman–Crippen MR) is 102 cm³/mol. The van der Waals surface area contributed by atoms with Gasteiger partial charge in [-0.15, -0.1) is 0 Å². The molecule has 2 aromatic carbocycles. The lowest BCUT2D eigenvalue weighted by atomic mass is 9.88. The Hall–Kier alpha value is -2.26. The molecule has 1 aliphatic rings. The molecule has 1 amide bonds. The quantitative estimate of drug-likeness (QED) is 0.713. The lowest BCUT2D eigenvalue weighted by Crippen LogP contribution is -2.27. The Kier molecular flexibility index (Phi) is 4.26. The van der Waals surface area contributed by atoms with Crippen LogP contribution in [0.15, 0.2) is 54.7 Å². The second-order valence-corrected chi connectivity index (χ2v) is 7.30. The molecule has 0 bridgehead atoms. The highest BCUT2D eigenvalue weighted by Crippen LogP contribution is 2.35. The molecule has 0 saturated heterocycles. The molecule has 0 radical (unpaired) electrons. The van der Waals surface area contributed by atoms with Gasteiger partial charge in [0.05, 0.1) is 0 Å². The molecule has 0 aliphatic heterocycles. The number of aromatic nitrogens is 1. The van der Waals surface area contributed by atoms with E-state index in [1.165, 1.54) is 16.5 Å². The fourth-order valence-corrected chi connectivity index (χ4v) is 3.58. The number of benzene rings is 2. The standard InChI is InChI=1S/C21H21ClN2O/c1-24-13-19(17-4-2-3-5-20(17)24)18(12-21(25)23-16-10-11-16)14-6-8-15(22)9-7-14/h2-9,13,16,18H,10-12H2,1H3,(H,23,25)/t18-/m1/s1. The highest BCUT2D eigenvalue weighted by Gasteiger charge is 2.27. The number of hydrogen-bond acceptors (Lipinski definition) is 1. The van der Waals surface area contributed by atoms with Gasteiger partial charge in [-0.3, -0.25) is 4.79 Å². The number of fused-ring (bicyclic) bond motifs is 1. The van der Waals surface area contributed by atoms with Gasteiger partial charge in [0.1, 0.15) is 0 Å². The molecule has 1 aromatic heterocycles. The molecule has 3 aromatic rings. The number of para-hydroxylation sites is 1. The molecule has 25 heavy (non-hydrogen) atoms. The molecule has 1 saturated carbocycles. The first-order valence-electron chi connectivity index (χ1n) is 8.70. The molecule has 1 aliphatic carbocycles. The molecule has 4 rings (SSSR count). The van der Waals surface area contributed by atoms with Crippen molar-refractivity contribution in [2.24, 2.45) is 7.05 Å². The van der Waals surface area contributed by atoms with Crippen LogP contribution >= 0.6 is 11.6 Å². The molecule has 0 spiro atoms. The van der Waals surface area contributed by atoms with E-state index >= 15 is 0 Å². The zero-order valence-corrected chi connectivity index (χ0v) is 15.0. The van der Waals surface area contributed by atoms with Crippen molar-refractivity contribution < 1.29 is 4.79 Å². The number of aryl methyl sites for hydroxylation is 1. The molecule has 128 valence electrons. The first-order chi connectivity index (χ1) is 12.1. The van der Waals surface area contributed by atoms with Crippen molar-refractivity contribution in [3.63, 3.8) is 0 Å². The van der Waals surface area contributed by atoms with Gasteiger partial charge in [-0.1, -0.05) is 41.9 Å². The van der Waals surface area contributed by atoms with E-state index in [0.29, 0.717) is 17.5 Å². The SMILES string of the molecule is Cn1cc([C@H](CC(=O)NC2CC2)c2ccc(Cl)cc2)c2ccccc21. The van der Waals surface area contributed by atoms with Gasteiger partial charge >= 0.3 is 0 Å². The van der Waals surface area contributed by atoms with Crippen LogP contribution in [0.25, 0.3) is 10.9 Å². The number of carbonyl (C=O) groups is 1. The summed E-state index contributed by atoms with van der Waals surface area (Å²) in [6.07, 6.45) is 4.80. The van der Waals surface area contributed by atoms with Crippen LogP contribution in [-0.2, 0) is 11.8 Å². The van der Waals surface area contributed by atoms with Crippen molar-refractivity contribution in [1.82, 2.24) is 9.88 Å². The Labute approximate surface area is 152 Å². The molecule has 1 atom stereocenters. The highest BCUT2D eigenvalue weighted by atomic mass is 35.5. The minimum Gasteiger partial charge on any atom is -0.353 e. The molecule has 0 unspecified atom stereocenters. The topological polar surface area (TPSA) is 34.0 Å². The molecular weight excluding hydrogens is 332 g/mol. The zero-order chi connectivity index (χ0) is 17.4. The summed E-state index contributed by atoms with van der Waals surface area (Å²) in [5.74, 6) is 0.137. The van der Waals surface area contributed by atoms with Crippen molar-refractivity contribution in [3.05, 3.63) is 70.9 Å². The maximum absolute atomic E-state index is 12.5. The second kappa shape index (κ2) is 6.57. The van der Waals surface area contributed by atoms with Gasteiger partial charge in [0.2, 0.25) is 5.91 Å². The van der Waals surface area contributed by atoms with Crippen molar-refractivity contribution >= 4 is 28.4 Å². The van der Waals surface area contributed by atoms with Crippen LogP contribution in [0.5, 0.6) is 0 Å². The predicted octanol–water partition coefficient (Wildman–Crippen LogP) is 4.63. The number of rotatable bonds is 5. The van der Waals surface area contributed by atoms with Crippen LogP contribution in [0, 0.1) is 0 Å². The first-order valence-corrected chi connectivity index (χ1v) is 9.08. The van der Waals surface area contributed by atoms with Crippen molar-refractivity contribution in [2.75, 3.05) is 0 Å². The maximum Gasteiger partial charge on any atom is 0.221 e. The lowest BCUT2D eigenvalue weighted by molar-refractivity contribution is -0.121. The average Bonchev–Trinajstić information content (AvgIpc) is 3.36. The summed E-state index contributed by atoms with van der Waals surface area (Å²) in [7, 11) is 2.05. The van der Waals surface area contributed by atoms with Gasteiger partial charge in [0.25, 0.3) is 0 Å². The Balaban J connectivity index is 1.75. The van der Waals surface area contributed by atoms with Gasteiger partial charge < -0.3 is 9.88 Å². The number of nitrogens with zero attached hydrogens (tertiary/aromatic N) is 1. The van der Waals surface area contributed by atoms with E-state index < -0.39 is 0 Å². The number of halogens is 1. The van der Waals surface area contributed by atoms with Gasteiger partial charge in [-0.05, 0) is 42.2 Å². The Morgan fingerprint density at radius 3 is 2.64 bits per heavy atom. The monoisotopic (exact) mass is 352 g/mol. The van der Waals surface area contributed by atoms with Gasteiger partial charge in [-0.2, -0.15) is 0 Å². The average molecular weight is 353 g/mol. The maximum atomic E-state index is 12.5. The summed E-state index contributed by atoms with van der Waals surface area (Å²) in [6.45, 7) is 0. The van der Waals surface area contributed by atoms with Crippen LogP contribution in [-0.4, -0.2) is 16.5 Å². The van der Waals surface area contributed by atoms with Crippen LogP contribution in [0.1, 0.15) is 36.3 Å². The van der Waals surface area contributed by atoms with E-state index in [1.54, 1.807) is 0 Å². The van der Waals surface area contributed by atoms with E-state index in [1.807, 2.05) is 30.3 Å². The van der Waals surface area contributed by atoms with E-state index in [0.717, 1.165) is 18.4 Å². The third kappa shape index (κ3) is 3.42. The third-order valence-corrected chi connectivity index (χ3v) is 5.16. The summed E-state index contributed by atoms with van der Waals surface area (Å²) < 4.78 is 2.13. The second-order valence-electron chi connectivity index (χ2n) is 6.86. The van der Waals surface area contributed by atoms with Crippen LogP contribution in [0.2, 0.25) is 5.02 Å². The van der Waals surface area contributed by atoms with E-state index in [2.05, 4.69) is 41.3 Å². The number of amides is 1. The fourth-order valence-electron chi connectivity index (χ4n) is 3.45. The zero-order valence-electron chi connectivity index (χ0n) is 14.2. The summed E-state index contributed by atoms with van der Waals surface area (Å²) >= 11 is 6.06. The number of carbonyl (C=O) groups excluding carboxylic acids is 1. The Morgan fingerprint density at radius 1 is 1.20 bits per heavy atom. The summed E-state index contributed by atoms with van der Waals surface area (Å²) in [6, 6.07) is 16.6. The van der Waals surface area contributed by atoms with Gasteiger partial charge in [-0.25, -0.2) is 0 Å². The minimum absolute atomic E-state index is 0.0158. The summed E-state index contributed by atoms with van der Waals surface area (Å²) in [4.78, 5) is 12.5. The molecule has 3 nitrogen and oxygen atoms in total. The van der Waals surface area contributed by atoms with Crippen molar-refractivity contribution in [1.29, 1.82) is 0 Å². The van der Waals surface area contributed by atoms with Crippen LogP contribution in [0.4, 0.5) is 0 Å². The Bertz CT molecular complexity index is 909. The minimum atomic E-state index is 0.0158. The van der Waals surface area contributed by atoms with Gasteiger partial charge in [0.15, 0.2) is 0 Å². The van der Waals surface area contributed by atoms with Crippen molar-refractivity contribution in [2.45, 2.75) is 31.2 Å². The van der Waals surface area contributed by atoms with E-state index in [4.69, 9.17) is 11.6 Å². The molecule has 1 fully saturated rings.